The average molecular weight is 475 g/mol. The van der Waals surface area contributed by atoms with Crippen LogP contribution in [-0.2, 0) is 6.54 Å². The molecule has 0 bridgehead atoms. The van der Waals surface area contributed by atoms with Crippen molar-refractivity contribution >= 4 is 45.6 Å². The fourth-order valence-corrected chi connectivity index (χ4v) is 4.98. The predicted octanol–water partition coefficient (Wildman–Crippen LogP) is 6.39. The molecule has 2 aromatic carbocycles. The second-order valence-corrected chi connectivity index (χ2v) is 10.2. The van der Waals surface area contributed by atoms with E-state index in [9.17, 15) is 4.79 Å². The van der Waals surface area contributed by atoms with E-state index in [-0.39, 0.29) is 5.91 Å². The topological polar surface area (TPSA) is 58.1 Å². The zero-order valence-electron chi connectivity index (χ0n) is 18.0. The van der Waals surface area contributed by atoms with Crippen molar-refractivity contribution in [2.24, 2.45) is 0 Å². The zero-order chi connectivity index (χ0) is 22.4. The molecule has 0 saturated heterocycles. The van der Waals surface area contributed by atoms with E-state index in [2.05, 4.69) is 33.5 Å². The standard InChI is InChI=1S/C26H23ClN4OS/c27-22-9-3-16(12-18(22)14-31(20-7-8-20)26(32)24-2-1-11-33-24)17-4-10-23-21(13-17)25(29-15-28-23)30-19-5-6-19/h1-4,9-13,15,19-20H,5-8,14H2,(H,28,29,30). The zero-order valence-corrected chi connectivity index (χ0v) is 19.6. The molecule has 1 N–H and O–H groups in total. The molecule has 0 unspecified atom stereocenters. The third-order valence-electron chi connectivity index (χ3n) is 6.25. The smallest absolute Gasteiger partial charge is 0.264 e. The SMILES string of the molecule is O=C(c1cccs1)N(Cc1cc(-c2ccc3ncnc(NC4CC4)c3c2)ccc1Cl)C1CC1. The number of anilines is 1. The quantitative estimate of drug-likeness (QED) is 0.337. The van der Waals surface area contributed by atoms with Crippen LogP contribution in [0, 0.1) is 0 Å². The summed E-state index contributed by atoms with van der Waals surface area (Å²) in [6, 6.07) is 17.0. The van der Waals surface area contributed by atoms with Crippen LogP contribution in [0.2, 0.25) is 5.02 Å². The van der Waals surface area contributed by atoms with Crippen molar-refractivity contribution in [3.05, 3.63) is 75.7 Å². The van der Waals surface area contributed by atoms with Gasteiger partial charge in [-0.15, -0.1) is 11.3 Å². The van der Waals surface area contributed by atoms with Crippen LogP contribution in [0.25, 0.3) is 22.0 Å². The third-order valence-corrected chi connectivity index (χ3v) is 7.48. The molecule has 5 nitrogen and oxygen atoms in total. The Labute approximate surface area is 201 Å². The van der Waals surface area contributed by atoms with Gasteiger partial charge in [0.15, 0.2) is 0 Å². The van der Waals surface area contributed by atoms with Gasteiger partial charge < -0.3 is 10.2 Å². The maximum absolute atomic E-state index is 13.1. The van der Waals surface area contributed by atoms with Crippen molar-refractivity contribution in [1.29, 1.82) is 0 Å². The number of amides is 1. The van der Waals surface area contributed by atoms with E-state index >= 15 is 0 Å². The minimum absolute atomic E-state index is 0.0904. The van der Waals surface area contributed by atoms with Crippen LogP contribution in [0.15, 0.2) is 60.2 Å². The molecule has 6 rings (SSSR count). The van der Waals surface area contributed by atoms with Gasteiger partial charge in [0.25, 0.3) is 5.91 Å². The van der Waals surface area contributed by atoms with Crippen molar-refractivity contribution in [3.8, 4) is 11.1 Å². The fraction of sp³-hybridized carbons (Fsp3) is 0.269. The van der Waals surface area contributed by atoms with Gasteiger partial charge in [0.05, 0.1) is 10.4 Å². The van der Waals surface area contributed by atoms with Gasteiger partial charge in [-0.25, -0.2) is 9.97 Å². The summed E-state index contributed by atoms with van der Waals surface area (Å²) in [5.74, 6) is 0.979. The monoisotopic (exact) mass is 474 g/mol. The molecule has 2 fully saturated rings. The van der Waals surface area contributed by atoms with Gasteiger partial charge in [0.2, 0.25) is 0 Å². The van der Waals surface area contributed by atoms with Gasteiger partial charge in [0.1, 0.15) is 12.1 Å². The van der Waals surface area contributed by atoms with Crippen LogP contribution in [0.4, 0.5) is 5.82 Å². The number of carbonyl (C=O) groups excluding carboxylic acids is 1. The maximum atomic E-state index is 13.1. The minimum Gasteiger partial charge on any atom is -0.367 e. The Balaban J connectivity index is 1.33. The molecule has 4 aromatic rings. The Morgan fingerprint density at radius 3 is 2.64 bits per heavy atom. The Hall–Kier alpha value is -2.96. The van der Waals surface area contributed by atoms with Gasteiger partial charge in [-0.05, 0) is 78.1 Å². The lowest BCUT2D eigenvalue weighted by Crippen LogP contribution is -2.32. The molecule has 7 heteroatoms. The summed E-state index contributed by atoms with van der Waals surface area (Å²) in [6.45, 7) is 0.513. The number of rotatable bonds is 7. The first-order chi connectivity index (χ1) is 16.2. The molecule has 0 aliphatic heterocycles. The number of aromatic nitrogens is 2. The highest BCUT2D eigenvalue weighted by molar-refractivity contribution is 7.12. The predicted molar refractivity (Wildman–Crippen MR) is 134 cm³/mol. The van der Waals surface area contributed by atoms with Crippen molar-refractivity contribution in [2.75, 3.05) is 5.32 Å². The number of nitrogens with one attached hydrogen (secondary N) is 1. The summed E-state index contributed by atoms with van der Waals surface area (Å²) in [5, 5.41) is 7.16. The van der Waals surface area contributed by atoms with Crippen LogP contribution < -0.4 is 5.32 Å². The molecule has 0 spiro atoms. The summed E-state index contributed by atoms with van der Waals surface area (Å²) in [4.78, 5) is 24.8. The highest BCUT2D eigenvalue weighted by atomic mass is 35.5. The van der Waals surface area contributed by atoms with E-state index < -0.39 is 0 Å². The molecule has 33 heavy (non-hydrogen) atoms. The average Bonchev–Trinajstić information content (AvgIpc) is 3.77. The number of hydrogen-bond donors (Lipinski definition) is 1. The van der Waals surface area contributed by atoms with E-state index in [0.29, 0.717) is 23.7 Å². The van der Waals surface area contributed by atoms with Gasteiger partial charge in [-0.3, -0.25) is 4.79 Å². The first-order valence-corrected chi connectivity index (χ1v) is 12.6. The van der Waals surface area contributed by atoms with E-state index in [4.69, 9.17) is 11.6 Å². The van der Waals surface area contributed by atoms with Gasteiger partial charge in [-0.1, -0.05) is 29.8 Å². The summed E-state index contributed by atoms with van der Waals surface area (Å²) >= 11 is 8.09. The summed E-state index contributed by atoms with van der Waals surface area (Å²) in [7, 11) is 0. The van der Waals surface area contributed by atoms with Crippen LogP contribution >= 0.6 is 22.9 Å². The lowest BCUT2D eigenvalue weighted by Gasteiger charge is -2.23. The number of nitrogens with zero attached hydrogens (tertiary/aromatic N) is 3. The van der Waals surface area contributed by atoms with Crippen LogP contribution in [0.3, 0.4) is 0 Å². The van der Waals surface area contributed by atoms with Crippen molar-refractivity contribution in [2.45, 2.75) is 44.3 Å². The number of carbonyl (C=O) groups is 1. The third kappa shape index (κ3) is 4.33. The Morgan fingerprint density at radius 1 is 1.06 bits per heavy atom. The number of halogens is 1. The summed E-state index contributed by atoms with van der Waals surface area (Å²) < 4.78 is 0. The lowest BCUT2D eigenvalue weighted by molar-refractivity contribution is 0.0735. The molecule has 2 heterocycles. The molecule has 166 valence electrons. The second kappa shape index (κ2) is 8.43. The molecule has 0 atom stereocenters. The second-order valence-electron chi connectivity index (χ2n) is 8.82. The minimum atomic E-state index is 0.0904. The van der Waals surface area contributed by atoms with E-state index in [1.807, 2.05) is 40.6 Å². The van der Waals surface area contributed by atoms with E-state index in [1.165, 1.54) is 24.2 Å². The largest absolute Gasteiger partial charge is 0.367 e. The molecule has 2 aromatic heterocycles. The first kappa shape index (κ1) is 20.6. The number of fused-ring (bicyclic) bond motifs is 1. The summed E-state index contributed by atoms with van der Waals surface area (Å²) in [5.41, 5.74) is 4.03. The first-order valence-electron chi connectivity index (χ1n) is 11.3. The molecule has 1 amide bonds. The van der Waals surface area contributed by atoms with Crippen molar-refractivity contribution < 1.29 is 4.79 Å². The molecule has 2 saturated carbocycles. The van der Waals surface area contributed by atoms with Crippen LogP contribution in [0.5, 0.6) is 0 Å². The number of thiophene rings is 1. The molecule has 2 aliphatic rings. The van der Waals surface area contributed by atoms with Crippen LogP contribution in [-0.4, -0.2) is 32.9 Å². The van der Waals surface area contributed by atoms with Gasteiger partial charge >= 0.3 is 0 Å². The molecular weight excluding hydrogens is 452 g/mol. The summed E-state index contributed by atoms with van der Waals surface area (Å²) in [6.07, 6.45) is 6.09. The van der Waals surface area contributed by atoms with Gasteiger partial charge in [-0.2, -0.15) is 0 Å². The van der Waals surface area contributed by atoms with E-state index in [0.717, 1.165) is 51.1 Å². The Morgan fingerprint density at radius 2 is 1.88 bits per heavy atom. The number of hydrogen-bond acceptors (Lipinski definition) is 5. The van der Waals surface area contributed by atoms with E-state index in [1.54, 1.807) is 6.33 Å². The van der Waals surface area contributed by atoms with Crippen molar-refractivity contribution in [1.82, 2.24) is 14.9 Å². The molecular formula is C26H23ClN4OS. The molecule has 0 radical (unpaired) electrons. The Bertz CT molecular complexity index is 1330. The van der Waals surface area contributed by atoms with Crippen LogP contribution in [0.1, 0.15) is 40.9 Å². The normalized spacial score (nSPS) is 15.5. The van der Waals surface area contributed by atoms with Gasteiger partial charge in [0, 0.05) is 29.0 Å². The highest BCUT2D eigenvalue weighted by Gasteiger charge is 2.33. The lowest BCUT2D eigenvalue weighted by atomic mass is 10.0. The highest BCUT2D eigenvalue weighted by Crippen LogP contribution is 2.35. The molecule has 2 aliphatic carbocycles. The Kier molecular flexibility index (Phi) is 5.27. The fourth-order valence-electron chi connectivity index (χ4n) is 4.13. The van der Waals surface area contributed by atoms with Crippen molar-refractivity contribution in [3.63, 3.8) is 0 Å². The maximum Gasteiger partial charge on any atom is 0.264 e. The number of benzene rings is 2.